The second kappa shape index (κ2) is 10.4. The average Bonchev–Trinajstić information content (AvgIpc) is 2.62. The molecule has 0 bridgehead atoms. The fourth-order valence-corrected chi connectivity index (χ4v) is 2.23. The van der Waals surface area contributed by atoms with Crippen LogP contribution in [0.5, 0.6) is 5.75 Å². The van der Waals surface area contributed by atoms with E-state index in [2.05, 4.69) is 27.2 Å². The number of hydrogen-bond acceptors (Lipinski definition) is 3. The molecular formula is C19H22F3N3O2. The molecule has 0 aliphatic rings. The molecule has 146 valence electrons. The summed E-state index contributed by atoms with van der Waals surface area (Å²) in [6, 6.07) is 15.3. The predicted octanol–water partition coefficient (Wildman–Crippen LogP) is 3.96. The van der Waals surface area contributed by atoms with Crippen molar-refractivity contribution < 1.29 is 22.6 Å². The number of ether oxygens (including phenoxy) is 2. The van der Waals surface area contributed by atoms with Gasteiger partial charge in [-0.2, -0.15) is 0 Å². The zero-order valence-corrected chi connectivity index (χ0v) is 14.7. The van der Waals surface area contributed by atoms with Crippen molar-refractivity contribution >= 4 is 11.6 Å². The molecule has 0 saturated carbocycles. The molecule has 0 heterocycles. The number of anilines is 1. The summed E-state index contributed by atoms with van der Waals surface area (Å²) in [4.78, 5) is 4.15. The summed E-state index contributed by atoms with van der Waals surface area (Å²) in [6.07, 6.45) is -3.13. The number of nitrogens with zero attached hydrogens (tertiary/aromatic N) is 1. The highest BCUT2D eigenvalue weighted by Crippen LogP contribution is 2.23. The Balaban J connectivity index is 1.61. The van der Waals surface area contributed by atoms with Crippen molar-refractivity contribution in [2.45, 2.75) is 19.2 Å². The normalized spacial score (nSPS) is 12.0. The van der Waals surface area contributed by atoms with E-state index >= 15 is 0 Å². The summed E-state index contributed by atoms with van der Waals surface area (Å²) in [7, 11) is 0. The fourth-order valence-electron chi connectivity index (χ4n) is 2.23. The van der Waals surface area contributed by atoms with Gasteiger partial charge in [-0.05, 0) is 42.7 Å². The minimum absolute atomic E-state index is 0.184. The van der Waals surface area contributed by atoms with Gasteiger partial charge >= 0.3 is 6.36 Å². The lowest BCUT2D eigenvalue weighted by Crippen LogP contribution is -2.23. The first-order valence-corrected chi connectivity index (χ1v) is 8.47. The molecule has 0 saturated heterocycles. The van der Waals surface area contributed by atoms with Gasteiger partial charge in [-0.3, -0.25) is 4.99 Å². The number of benzene rings is 2. The van der Waals surface area contributed by atoms with Crippen LogP contribution < -0.4 is 15.8 Å². The SMILES string of the molecule is NC(=NCCCOCCc1ccccc1)Nc1ccc(OC(F)(F)F)cc1. The van der Waals surface area contributed by atoms with Gasteiger partial charge in [0.25, 0.3) is 0 Å². The van der Waals surface area contributed by atoms with Gasteiger partial charge in [-0.25, -0.2) is 0 Å². The molecule has 8 heteroatoms. The Morgan fingerprint density at radius 2 is 1.70 bits per heavy atom. The maximum absolute atomic E-state index is 12.1. The van der Waals surface area contributed by atoms with E-state index in [1.54, 1.807) is 0 Å². The topological polar surface area (TPSA) is 68.9 Å². The Hall–Kier alpha value is -2.74. The third-order valence-electron chi connectivity index (χ3n) is 3.47. The highest BCUT2D eigenvalue weighted by molar-refractivity contribution is 5.92. The number of halogens is 3. The quantitative estimate of drug-likeness (QED) is 0.392. The van der Waals surface area contributed by atoms with Crippen LogP contribution in [0, 0.1) is 0 Å². The van der Waals surface area contributed by atoms with Gasteiger partial charge in [0.1, 0.15) is 5.75 Å². The van der Waals surface area contributed by atoms with Crippen molar-refractivity contribution in [1.82, 2.24) is 0 Å². The van der Waals surface area contributed by atoms with Crippen molar-refractivity contribution in [3.8, 4) is 5.75 Å². The van der Waals surface area contributed by atoms with Crippen molar-refractivity contribution in [2.75, 3.05) is 25.1 Å². The summed E-state index contributed by atoms with van der Waals surface area (Å²) >= 11 is 0. The van der Waals surface area contributed by atoms with Crippen LogP contribution >= 0.6 is 0 Å². The first kappa shape index (κ1) is 20.6. The summed E-state index contributed by atoms with van der Waals surface area (Å²) in [5, 5.41) is 2.81. The molecular weight excluding hydrogens is 359 g/mol. The van der Waals surface area contributed by atoms with Crippen LogP contribution in [-0.2, 0) is 11.2 Å². The smallest absolute Gasteiger partial charge is 0.406 e. The van der Waals surface area contributed by atoms with E-state index in [0.717, 1.165) is 12.8 Å². The molecule has 27 heavy (non-hydrogen) atoms. The highest BCUT2D eigenvalue weighted by atomic mass is 19.4. The molecule has 0 atom stereocenters. The van der Waals surface area contributed by atoms with Crippen molar-refractivity contribution in [3.05, 3.63) is 60.2 Å². The van der Waals surface area contributed by atoms with Crippen LogP contribution in [0.15, 0.2) is 59.6 Å². The van der Waals surface area contributed by atoms with Crippen LogP contribution in [-0.4, -0.2) is 32.1 Å². The van der Waals surface area contributed by atoms with Crippen LogP contribution in [0.3, 0.4) is 0 Å². The second-order valence-corrected chi connectivity index (χ2v) is 5.67. The largest absolute Gasteiger partial charge is 0.573 e. The van der Waals surface area contributed by atoms with E-state index in [9.17, 15) is 13.2 Å². The summed E-state index contributed by atoms with van der Waals surface area (Å²) < 4.78 is 45.7. The molecule has 0 unspecified atom stereocenters. The molecule has 0 amide bonds. The minimum Gasteiger partial charge on any atom is -0.406 e. The maximum Gasteiger partial charge on any atom is 0.573 e. The van der Waals surface area contributed by atoms with Crippen molar-refractivity contribution in [2.24, 2.45) is 10.7 Å². The molecule has 0 radical (unpaired) electrons. The Labute approximate surface area is 156 Å². The molecule has 0 fully saturated rings. The molecule has 2 aromatic carbocycles. The molecule has 2 rings (SSSR count). The third kappa shape index (κ3) is 8.96. The van der Waals surface area contributed by atoms with Crippen LogP contribution in [0.2, 0.25) is 0 Å². The first-order chi connectivity index (χ1) is 12.9. The zero-order chi connectivity index (χ0) is 19.5. The minimum atomic E-state index is -4.71. The molecule has 0 aliphatic heterocycles. The Kier molecular flexibility index (Phi) is 7.94. The lowest BCUT2D eigenvalue weighted by atomic mass is 10.2. The highest BCUT2D eigenvalue weighted by Gasteiger charge is 2.30. The van der Waals surface area contributed by atoms with Crippen LogP contribution in [0.25, 0.3) is 0 Å². The monoisotopic (exact) mass is 381 g/mol. The van der Waals surface area contributed by atoms with Gasteiger partial charge in [0.2, 0.25) is 0 Å². The van der Waals surface area contributed by atoms with E-state index in [4.69, 9.17) is 10.5 Å². The van der Waals surface area contributed by atoms with E-state index in [1.165, 1.54) is 29.8 Å². The Morgan fingerprint density at radius 3 is 2.37 bits per heavy atom. The number of rotatable bonds is 9. The number of nitrogens with one attached hydrogen (secondary N) is 1. The van der Waals surface area contributed by atoms with Crippen molar-refractivity contribution in [1.29, 1.82) is 0 Å². The van der Waals surface area contributed by atoms with E-state index in [0.29, 0.717) is 25.4 Å². The Bertz CT molecular complexity index is 704. The number of nitrogens with two attached hydrogens (primary N) is 1. The molecule has 0 aromatic heterocycles. The number of guanidine groups is 1. The van der Waals surface area contributed by atoms with Gasteiger partial charge in [-0.1, -0.05) is 30.3 Å². The summed E-state index contributed by atoms with van der Waals surface area (Å²) in [5.74, 6) is -0.111. The van der Waals surface area contributed by atoms with Crippen LogP contribution in [0.4, 0.5) is 18.9 Å². The fraction of sp³-hybridized carbons (Fsp3) is 0.316. The summed E-state index contributed by atoms with van der Waals surface area (Å²) in [5.41, 5.74) is 7.50. The van der Waals surface area contributed by atoms with E-state index < -0.39 is 6.36 Å². The average molecular weight is 381 g/mol. The van der Waals surface area contributed by atoms with Crippen molar-refractivity contribution in [3.63, 3.8) is 0 Å². The van der Waals surface area contributed by atoms with Crippen LogP contribution in [0.1, 0.15) is 12.0 Å². The van der Waals surface area contributed by atoms with Gasteiger partial charge in [0, 0.05) is 18.8 Å². The molecule has 2 aromatic rings. The number of hydrogen-bond donors (Lipinski definition) is 2. The standard InChI is InChI=1S/C19H22F3N3O2/c20-19(21,22)27-17-9-7-16(8-10-17)25-18(23)24-12-4-13-26-14-11-15-5-2-1-3-6-15/h1-3,5-10H,4,11-14H2,(H3,23,24,25). The van der Waals surface area contributed by atoms with E-state index in [-0.39, 0.29) is 11.7 Å². The third-order valence-corrected chi connectivity index (χ3v) is 3.47. The van der Waals surface area contributed by atoms with E-state index in [1.807, 2.05) is 18.2 Å². The second-order valence-electron chi connectivity index (χ2n) is 5.67. The molecule has 3 N–H and O–H groups in total. The lowest BCUT2D eigenvalue weighted by molar-refractivity contribution is -0.274. The number of alkyl halides is 3. The van der Waals surface area contributed by atoms with Gasteiger partial charge in [0.15, 0.2) is 5.96 Å². The maximum atomic E-state index is 12.1. The number of aliphatic imine (C=N–C) groups is 1. The Morgan fingerprint density at radius 1 is 1.00 bits per heavy atom. The molecule has 5 nitrogen and oxygen atoms in total. The molecule has 0 aliphatic carbocycles. The summed E-state index contributed by atoms with van der Waals surface area (Å²) in [6.45, 7) is 1.71. The molecule has 0 spiro atoms. The zero-order valence-electron chi connectivity index (χ0n) is 14.7. The predicted molar refractivity (Wildman–Crippen MR) is 98.8 cm³/mol. The lowest BCUT2D eigenvalue weighted by Gasteiger charge is -2.10. The van der Waals surface area contributed by atoms with Gasteiger partial charge in [0.05, 0.1) is 6.61 Å². The van der Waals surface area contributed by atoms with Gasteiger partial charge in [-0.15, -0.1) is 13.2 Å². The first-order valence-electron chi connectivity index (χ1n) is 8.47. The van der Waals surface area contributed by atoms with Gasteiger partial charge < -0.3 is 20.5 Å².